The minimum absolute atomic E-state index is 0.0250. The average Bonchev–Trinajstić information content (AvgIpc) is 3.48. The molecule has 1 saturated carbocycles. The van der Waals surface area contributed by atoms with Crippen LogP contribution in [0.3, 0.4) is 0 Å². The van der Waals surface area contributed by atoms with Crippen LogP contribution in [0, 0.1) is 18.3 Å². The zero-order chi connectivity index (χ0) is 21.3. The van der Waals surface area contributed by atoms with E-state index in [0.29, 0.717) is 5.75 Å². The Bertz CT molecular complexity index is 1070. The van der Waals surface area contributed by atoms with E-state index >= 15 is 0 Å². The third-order valence-electron chi connectivity index (χ3n) is 5.12. The molecule has 0 radical (unpaired) electrons. The molecule has 0 bridgehead atoms. The van der Waals surface area contributed by atoms with Crippen molar-refractivity contribution in [1.29, 1.82) is 5.26 Å². The molecule has 0 saturated heterocycles. The van der Waals surface area contributed by atoms with Crippen molar-refractivity contribution in [1.82, 2.24) is 9.13 Å². The number of ether oxygens (including phenoxy) is 1. The van der Waals surface area contributed by atoms with Crippen molar-refractivity contribution in [3.05, 3.63) is 61.9 Å². The largest absolute Gasteiger partial charge is 0.491 e. The standard InChI is InChI=1S/C22H27N3O4/c1-14-9-16(22(2,3)4)5-8-19(14)29-13-18(26)12-25-20(27)15(10-23)11-24(21(25)28)17-6-7-17/h5,8-9,11,17-18,26H,6-7,12-13H2,1-4H3. The highest BCUT2D eigenvalue weighted by Gasteiger charge is 2.27. The van der Waals surface area contributed by atoms with Crippen molar-refractivity contribution < 1.29 is 9.84 Å². The quantitative estimate of drug-likeness (QED) is 0.806. The van der Waals surface area contributed by atoms with Crippen LogP contribution in [-0.4, -0.2) is 27.0 Å². The van der Waals surface area contributed by atoms with Crippen LogP contribution in [0.25, 0.3) is 0 Å². The number of aliphatic hydroxyl groups excluding tert-OH is 1. The highest BCUT2D eigenvalue weighted by Crippen LogP contribution is 2.33. The second-order valence-corrected chi connectivity index (χ2v) is 8.69. The van der Waals surface area contributed by atoms with Crippen molar-refractivity contribution >= 4 is 0 Å². The maximum absolute atomic E-state index is 12.6. The molecule has 0 aliphatic heterocycles. The van der Waals surface area contributed by atoms with Crippen molar-refractivity contribution in [3.63, 3.8) is 0 Å². The summed E-state index contributed by atoms with van der Waals surface area (Å²) < 4.78 is 8.08. The lowest BCUT2D eigenvalue weighted by molar-refractivity contribution is 0.0896. The van der Waals surface area contributed by atoms with Gasteiger partial charge in [-0.15, -0.1) is 0 Å². The topological polar surface area (TPSA) is 97.2 Å². The van der Waals surface area contributed by atoms with Crippen molar-refractivity contribution in [2.75, 3.05) is 6.61 Å². The van der Waals surface area contributed by atoms with Gasteiger partial charge >= 0.3 is 5.69 Å². The van der Waals surface area contributed by atoms with Gasteiger partial charge in [0.25, 0.3) is 5.56 Å². The highest BCUT2D eigenvalue weighted by molar-refractivity contribution is 5.38. The van der Waals surface area contributed by atoms with Gasteiger partial charge in [0.1, 0.15) is 30.1 Å². The smallest absolute Gasteiger partial charge is 0.331 e. The first kappa shape index (κ1) is 20.9. The Kier molecular flexibility index (Phi) is 5.67. The number of aryl methyl sites for hydroxylation is 1. The van der Waals surface area contributed by atoms with Crippen LogP contribution in [0.15, 0.2) is 34.0 Å². The maximum atomic E-state index is 12.6. The van der Waals surface area contributed by atoms with Gasteiger partial charge in [0, 0.05) is 12.2 Å². The van der Waals surface area contributed by atoms with Crippen LogP contribution in [-0.2, 0) is 12.0 Å². The van der Waals surface area contributed by atoms with Gasteiger partial charge in [0.05, 0.1) is 6.54 Å². The van der Waals surface area contributed by atoms with Crippen LogP contribution >= 0.6 is 0 Å². The number of aliphatic hydroxyl groups is 1. The van der Waals surface area contributed by atoms with E-state index in [1.165, 1.54) is 16.3 Å². The van der Waals surface area contributed by atoms with E-state index < -0.39 is 17.4 Å². The van der Waals surface area contributed by atoms with Crippen LogP contribution in [0.4, 0.5) is 0 Å². The zero-order valence-corrected chi connectivity index (χ0v) is 17.3. The van der Waals surface area contributed by atoms with E-state index in [0.717, 1.165) is 23.0 Å². The summed E-state index contributed by atoms with van der Waals surface area (Å²) in [5.74, 6) is 0.644. The summed E-state index contributed by atoms with van der Waals surface area (Å²) in [7, 11) is 0. The van der Waals surface area contributed by atoms with Crippen LogP contribution in [0.1, 0.15) is 56.3 Å². The fourth-order valence-electron chi connectivity index (χ4n) is 3.20. The maximum Gasteiger partial charge on any atom is 0.331 e. The minimum atomic E-state index is -1.07. The first-order valence-corrected chi connectivity index (χ1v) is 9.80. The van der Waals surface area contributed by atoms with Gasteiger partial charge in [-0.1, -0.05) is 32.9 Å². The summed E-state index contributed by atoms with van der Waals surface area (Å²) in [4.78, 5) is 25.0. The molecule has 0 amide bonds. The van der Waals surface area contributed by atoms with Crippen molar-refractivity contribution in [2.45, 2.75) is 64.6 Å². The molecule has 2 aromatic rings. The molecule has 1 aliphatic rings. The predicted octanol–water partition coefficient (Wildman–Crippen LogP) is 2.26. The Morgan fingerprint density at radius 1 is 1.31 bits per heavy atom. The highest BCUT2D eigenvalue weighted by atomic mass is 16.5. The Labute approximate surface area is 169 Å². The molecule has 0 spiro atoms. The van der Waals surface area contributed by atoms with Gasteiger partial charge in [0.2, 0.25) is 0 Å². The molecule has 7 heteroatoms. The first-order valence-electron chi connectivity index (χ1n) is 9.80. The van der Waals surface area contributed by atoms with Crippen molar-refractivity contribution in [3.8, 4) is 11.8 Å². The summed E-state index contributed by atoms with van der Waals surface area (Å²) in [6, 6.07) is 7.77. The summed E-state index contributed by atoms with van der Waals surface area (Å²) in [5.41, 5.74) is 0.878. The summed E-state index contributed by atoms with van der Waals surface area (Å²) in [6.07, 6.45) is 1.95. The SMILES string of the molecule is Cc1cc(C(C)(C)C)ccc1OCC(O)Cn1c(=O)c(C#N)cn(C2CC2)c1=O. The average molecular weight is 397 g/mol. The van der Waals surface area contributed by atoms with E-state index in [1.807, 2.05) is 25.1 Å². The first-order chi connectivity index (χ1) is 13.6. The van der Waals surface area contributed by atoms with E-state index in [-0.39, 0.29) is 30.2 Å². The third-order valence-corrected chi connectivity index (χ3v) is 5.12. The molecule has 1 aromatic heterocycles. The lowest BCUT2D eigenvalue weighted by Gasteiger charge is -2.21. The van der Waals surface area contributed by atoms with Gasteiger partial charge < -0.3 is 9.84 Å². The number of nitriles is 1. The molecule has 7 nitrogen and oxygen atoms in total. The molecule has 29 heavy (non-hydrogen) atoms. The molecular formula is C22H27N3O4. The summed E-state index contributed by atoms with van der Waals surface area (Å²) >= 11 is 0. The number of benzene rings is 1. The normalized spacial score (nSPS) is 15.0. The Morgan fingerprint density at radius 2 is 2.00 bits per heavy atom. The van der Waals surface area contributed by atoms with Crippen LogP contribution < -0.4 is 16.0 Å². The fraction of sp³-hybridized carbons (Fsp3) is 0.500. The van der Waals surface area contributed by atoms with E-state index in [2.05, 4.69) is 26.8 Å². The summed E-state index contributed by atoms with van der Waals surface area (Å²) in [5, 5.41) is 19.6. The molecule has 1 N–H and O–H groups in total. The van der Waals surface area contributed by atoms with Gasteiger partial charge in [0.15, 0.2) is 0 Å². The van der Waals surface area contributed by atoms with E-state index in [4.69, 9.17) is 4.74 Å². The second-order valence-electron chi connectivity index (χ2n) is 8.69. The lowest BCUT2D eigenvalue weighted by Crippen LogP contribution is -2.44. The molecule has 3 rings (SSSR count). The second kappa shape index (κ2) is 7.88. The van der Waals surface area contributed by atoms with E-state index in [9.17, 15) is 20.0 Å². The molecule has 1 aliphatic carbocycles. The Balaban J connectivity index is 1.74. The molecule has 154 valence electrons. The zero-order valence-electron chi connectivity index (χ0n) is 17.3. The van der Waals surface area contributed by atoms with Gasteiger partial charge in [-0.2, -0.15) is 5.26 Å². The third kappa shape index (κ3) is 4.60. The predicted molar refractivity (Wildman–Crippen MR) is 109 cm³/mol. The Hall–Kier alpha value is -2.85. The van der Waals surface area contributed by atoms with Gasteiger partial charge in [-0.05, 0) is 42.4 Å². The molecule has 1 heterocycles. The molecular weight excluding hydrogens is 370 g/mol. The molecule has 1 unspecified atom stereocenters. The molecule has 1 fully saturated rings. The number of rotatable bonds is 6. The van der Waals surface area contributed by atoms with Crippen LogP contribution in [0.5, 0.6) is 5.75 Å². The van der Waals surface area contributed by atoms with Gasteiger partial charge in [-0.25, -0.2) is 4.79 Å². The number of hydrogen-bond acceptors (Lipinski definition) is 5. The monoisotopic (exact) mass is 397 g/mol. The van der Waals surface area contributed by atoms with Crippen LogP contribution in [0.2, 0.25) is 0 Å². The molecule has 1 atom stereocenters. The van der Waals surface area contributed by atoms with E-state index in [1.54, 1.807) is 0 Å². The minimum Gasteiger partial charge on any atom is -0.491 e. The van der Waals surface area contributed by atoms with Crippen molar-refractivity contribution in [2.24, 2.45) is 0 Å². The number of nitrogens with zero attached hydrogens (tertiary/aromatic N) is 3. The Morgan fingerprint density at radius 3 is 2.55 bits per heavy atom. The fourth-order valence-corrected chi connectivity index (χ4v) is 3.20. The number of hydrogen-bond donors (Lipinski definition) is 1. The van der Waals surface area contributed by atoms with Gasteiger partial charge in [-0.3, -0.25) is 13.9 Å². The summed E-state index contributed by atoms with van der Waals surface area (Å²) in [6.45, 7) is 8.04. The number of aromatic nitrogens is 2. The molecule has 1 aromatic carbocycles. The lowest BCUT2D eigenvalue weighted by atomic mass is 9.86.